The van der Waals surface area contributed by atoms with Crippen LogP contribution in [-0.4, -0.2) is 48.0 Å². The molecule has 29 heavy (non-hydrogen) atoms. The molecular weight excluding hydrogens is 396 g/mol. The third-order valence-corrected chi connectivity index (χ3v) is 5.30. The van der Waals surface area contributed by atoms with Crippen LogP contribution in [0.1, 0.15) is 24.1 Å². The molecule has 0 aliphatic carbocycles. The molecule has 10 heteroatoms. The van der Waals surface area contributed by atoms with Crippen LogP contribution in [0.15, 0.2) is 23.6 Å². The molecule has 0 radical (unpaired) electrons. The molecule has 2 N–H and O–H groups in total. The number of nitrogens with zero attached hydrogens (tertiary/aromatic N) is 2. The van der Waals surface area contributed by atoms with Crippen molar-refractivity contribution < 1.29 is 23.9 Å². The monoisotopic (exact) mass is 418 g/mol. The molecule has 2 aromatic rings. The summed E-state index contributed by atoms with van der Waals surface area (Å²) < 4.78 is 10.4. The lowest BCUT2D eigenvalue weighted by Gasteiger charge is -2.15. The van der Waals surface area contributed by atoms with Gasteiger partial charge in [-0.2, -0.15) is 0 Å². The van der Waals surface area contributed by atoms with Crippen LogP contribution in [0.4, 0.5) is 9.93 Å². The Labute approximate surface area is 172 Å². The molecule has 0 saturated carbocycles. The maximum atomic E-state index is 12.6. The summed E-state index contributed by atoms with van der Waals surface area (Å²) in [5, 5.41) is 7.68. The summed E-state index contributed by atoms with van der Waals surface area (Å²) in [6.45, 7) is 1.94. The fourth-order valence-electron chi connectivity index (χ4n) is 2.95. The summed E-state index contributed by atoms with van der Waals surface area (Å²) in [6, 6.07) is 3.99. The number of benzene rings is 1. The van der Waals surface area contributed by atoms with Crippen molar-refractivity contribution in [3.05, 3.63) is 34.8 Å². The fraction of sp³-hybridized carbons (Fsp3) is 0.368. The number of imide groups is 1. The van der Waals surface area contributed by atoms with Crippen LogP contribution in [0, 0.1) is 6.92 Å². The minimum atomic E-state index is -0.730. The highest BCUT2D eigenvalue weighted by molar-refractivity contribution is 7.13. The number of aromatic nitrogens is 1. The lowest BCUT2D eigenvalue weighted by Crippen LogP contribution is -2.31. The first-order chi connectivity index (χ1) is 13.9. The number of rotatable bonds is 8. The van der Waals surface area contributed by atoms with Gasteiger partial charge in [0, 0.05) is 11.8 Å². The Kier molecular flexibility index (Phi) is 6.32. The van der Waals surface area contributed by atoms with Crippen molar-refractivity contribution in [1.82, 2.24) is 15.2 Å². The Morgan fingerprint density at radius 3 is 2.69 bits per heavy atom. The van der Waals surface area contributed by atoms with Crippen molar-refractivity contribution in [2.24, 2.45) is 0 Å². The molecule has 2 heterocycles. The van der Waals surface area contributed by atoms with Gasteiger partial charge >= 0.3 is 6.03 Å². The zero-order valence-electron chi connectivity index (χ0n) is 16.4. The zero-order valence-corrected chi connectivity index (χ0v) is 17.2. The summed E-state index contributed by atoms with van der Waals surface area (Å²) >= 11 is 1.34. The van der Waals surface area contributed by atoms with E-state index in [4.69, 9.17) is 9.47 Å². The third-order valence-electron chi connectivity index (χ3n) is 4.42. The molecule has 1 fully saturated rings. The Bertz CT molecular complexity index is 929. The molecule has 154 valence electrons. The van der Waals surface area contributed by atoms with E-state index in [1.165, 1.54) is 25.6 Å². The van der Waals surface area contributed by atoms with E-state index in [0.717, 1.165) is 16.2 Å². The molecule has 1 aromatic heterocycles. The Morgan fingerprint density at radius 1 is 1.28 bits per heavy atom. The smallest absolute Gasteiger partial charge is 0.325 e. The van der Waals surface area contributed by atoms with Crippen LogP contribution in [-0.2, 0) is 16.1 Å². The first-order valence-corrected chi connectivity index (χ1v) is 9.84. The summed E-state index contributed by atoms with van der Waals surface area (Å²) in [6.07, 6.45) is 0.308. The number of anilines is 1. The molecule has 1 aliphatic rings. The van der Waals surface area contributed by atoms with Gasteiger partial charge in [-0.05, 0) is 31.0 Å². The molecule has 9 nitrogen and oxygen atoms in total. The zero-order chi connectivity index (χ0) is 21.0. The van der Waals surface area contributed by atoms with Gasteiger partial charge in [-0.25, -0.2) is 9.78 Å². The largest absolute Gasteiger partial charge is 0.493 e. The van der Waals surface area contributed by atoms with E-state index >= 15 is 0 Å². The number of carbonyl (C=O) groups excluding carboxylic acids is 3. The highest BCUT2D eigenvalue weighted by atomic mass is 32.1. The lowest BCUT2D eigenvalue weighted by molar-refractivity contribution is -0.128. The molecule has 4 amide bonds. The average Bonchev–Trinajstić information content (AvgIpc) is 3.23. The minimum Gasteiger partial charge on any atom is -0.493 e. The molecule has 1 aliphatic heterocycles. The Balaban J connectivity index is 1.57. The first-order valence-electron chi connectivity index (χ1n) is 8.96. The molecule has 1 aromatic carbocycles. The van der Waals surface area contributed by atoms with Crippen molar-refractivity contribution in [3.8, 4) is 11.5 Å². The molecule has 1 saturated heterocycles. The normalized spacial score (nSPS) is 16.0. The number of ether oxygens (including phenoxy) is 2. The summed E-state index contributed by atoms with van der Waals surface area (Å²) in [5.74, 6) is 0.470. The lowest BCUT2D eigenvalue weighted by atomic mass is 10.1. The number of aryl methyl sites for hydroxylation is 1. The predicted molar refractivity (Wildman–Crippen MR) is 107 cm³/mol. The molecular formula is C19H22N4O5S. The highest BCUT2D eigenvalue weighted by Gasteiger charge is 2.37. The number of hydrogen-bond acceptors (Lipinski definition) is 7. The summed E-state index contributed by atoms with van der Waals surface area (Å²) in [7, 11) is 3.05. The van der Waals surface area contributed by atoms with Gasteiger partial charge < -0.3 is 20.1 Å². The molecule has 0 spiro atoms. The van der Waals surface area contributed by atoms with E-state index < -0.39 is 12.1 Å². The van der Waals surface area contributed by atoms with Crippen LogP contribution in [0.2, 0.25) is 0 Å². The van der Waals surface area contributed by atoms with Gasteiger partial charge in [0.2, 0.25) is 5.91 Å². The van der Waals surface area contributed by atoms with Crippen LogP contribution < -0.4 is 20.1 Å². The second-order valence-electron chi connectivity index (χ2n) is 6.50. The number of thiazole rings is 1. The summed E-state index contributed by atoms with van der Waals surface area (Å²) in [5.41, 5.74) is 1.55. The van der Waals surface area contributed by atoms with E-state index in [1.54, 1.807) is 18.2 Å². The minimum absolute atomic E-state index is 0.0967. The number of methoxy groups -OCH3 is 2. The van der Waals surface area contributed by atoms with Crippen LogP contribution in [0.3, 0.4) is 0 Å². The predicted octanol–water partition coefficient (Wildman–Crippen LogP) is 2.31. The highest BCUT2D eigenvalue weighted by Crippen LogP contribution is 2.28. The third kappa shape index (κ3) is 4.83. The number of carbonyl (C=O) groups is 3. The second-order valence-corrected chi connectivity index (χ2v) is 7.35. The van der Waals surface area contributed by atoms with Crippen LogP contribution >= 0.6 is 11.3 Å². The number of nitrogens with one attached hydrogen (secondary N) is 2. The van der Waals surface area contributed by atoms with Gasteiger partial charge in [0.25, 0.3) is 5.91 Å². The second kappa shape index (κ2) is 8.91. The van der Waals surface area contributed by atoms with Crippen LogP contribution in [0.5, 0.6) is 11.5 Å². The SMILES string of the molecule is COc1ccc(CN2C(=O)N[C@@H](CCC(=O)Nc3nc(C)cs3)C2=O)cc1OC. The topological polar surface area (TPSA) is 110 Å². The molecule has 0 unspecified atom stereocenters. The van der Waals surface area contributed by atoms with Gasteiger partial charge in [0.1, 0.15) is 6.04 Å². The number of urea groups is 1. The van der Waals surface area contributed by atoms with Crippen molar-refractivity contribution in [2.45, 2.75) is 32.4 Å². The van der Waals surface area contributed by atoms with E-state index in [0.29, 0.717) is 16.6 Å². The summed E-state index contributed by atoms with van der Waals surface area (Å²) in [4.78, 5) is 42.2. The number of amides is 4. The molecule has 1 atom stereocenters. The van der Waals surface area contributed by atoms with Gasteiger partial charge in [0.05, 0.1) is 26.5 Å². The Morgan fingerprint density at radius 2 is 2.03 bits per heavy atom. The van der Waals surface area contributed by atoms with Crippen molar-refractivity contribution in [1.29, 1.82) is 0 Å². The van der Waals surface area contributed by atoms with Gasteiger partial charge in [0.15, 0.2) is 16.6 Å². The quantitative estimate of drug-likeness (QED) is 0.637. The van der Waals surface area contributed by atoms with E-state index in [-0.39, 0.29) is 31.2 Å². The van der Waals surface area contributed by atoms with Gasteiger partial charge in [-0.15, -0.1) is 11.3 Å². The Hall–Kier alpha value is -3.14. The fourth-order valence-corrected chi connectivity index (χ4v) is 3.66. The standard InChI is InChI=1S/C19H22N4O5S/c1-11-10-29-18(20-11)22-16(24)7-5-13-17(25)23(19(26)21-13)9-12-4-6-14(27-2)15(8-12)28-3/h4,6,8,10,13H,5,7,9H2,1-3H3,(H,21,26)(H,20,22,24)/t13-/m0/s1. The maximum absolute atomic E-state index is 12.6. The van der Waals surface area contributed by atoms with Gasteiger partial charge in [-0.1, -0.05) is 6.07 Å². The maximum Gasteiger partial charge on any atom is 0.325 e. The number of hydrogen-bond donors (Lipinski definition) is 2. The first kappa shape index (κ1) is 20.6. The molecule has 0 bridgehead atoms. The average molecular weight is 418 g/mol. The van der Waals surface area contributed by atoms with E-state index in [1.807, 2.05) is 12.3 Å². The van der Waals surface area contributed by atoms with Crippen molar-refractivity contribution in [3.63, 3.8) is 0 Å². The van der Waals surface area contributed by atoms with Gasteiger partial charge in [-0.3, -0.25) is 14.5 Å². The van der Waals surface area contributed by atoms with Crippen molar-refractivity contribution >= 4 is 34.3 Å². The van der Waals surface area contributed by atoms with Crippen molar-refractivity contribution in [2.75, 3.05) is 19.5 Å². The van der Waals surface area contributed by atoms with E-state index in [2.05, 4.69) is 15.6 Å². The van der Waals surface area contributed by atoms with E-state index in [9.17, 15) is 14.4 Å². The van der Waals surface area contributed by atoms with Crippen LogP contribution in [0.25, 0.3) is 0 Å². The molecule has 3 rings (SSSR count).